The van der Waals surface area contributed by atoms with Crippen LogP contribution in [0.2, 0.25) is 0 Å². The largest absolute Gasteiger partial charge is 0.396 e. The van der Waals surface area contributed by atoms with Crippen LogP contribution in [0.5, 0.6) is 0 Å². The third-order valence-electron chi connectivity index (χ3n) is 3.48. The summed E-state index contributed by atoms with van der Waals surface area (Å²) in [6, 6.07) is 0. The smallest absolute Gasteiger partial charge is 0.0431 e. The predicted molar refractivity (Wildman–Crippen MR) is 65.0 cm³/mol. The summed E-state index contributed by atoms with van der Waals surface area (Å²) in [7, 11) is 0. The third-order valence-corrected chi connectivity index (χ3v) is 3.48. The zero-order valence-corrected chi connectivity index (χ0v) is 10.0. The Bertz CT molecular complexity index is 132. The van der Waals surface area contributed by atoms with E-state index < -0.39 is 0 Å². The number of aliphatic hydroxyl groups excluding tert-OH is 1. The number of hydrogen-bond donors (Lipinski definition) is 2. The molecule has 1 rings (SSSR count). The standard InChI is InChI=1S/C13H27NO/c15-12-6-4-2-1-3-5-7-13-8-10-14-11-9-13/h13-15H,1-12H2. The van der Waals surface area contributed by atoms with E-state index in [0.29, 0.717) is 6.61 Å². The average molecular weight is 213 g/mol. The summed E-state index contributed by atoms with van der Waals surface area (Å²) in [5.41, 5.74) is 0. The second kappa shape index (κ2) is 9.17. The summed E-state index contributed by atoms with van der Waals surface area (Å²) in [5, 5.41) is 12.0. The molecule has 90 valence electrons. The Morgan fingerprint density at radius 3 is 2.13 bits per heavy atom. The van der Waals surface area contributed by atoms with E-state index in [4.69, 9.17) is 5.11 Å². The van der Waals surface area contributed by atoms with Gasteiger partial charge < -0.3 is 10.4 Å². The molecule has 0 amide bonds. The summed E-state index contributed by atoms with van der Waals surface area (Å²) < 4.78 is 0. The van der Waals surface area contributed by atoms with Crippen molar-refractivity contribution in [3.05, 3.63) is 0 Å². The van der Waals surface area contributed by atoms with Crippen molar-refractivity contribution in [1.29, 1.82) is 0 Å². The molecule has 0 aromatic carbocycles. The van der Waals surface area contributed by atoms with Gasteiger partial charge in [-0.3, -0.25) is 0 Å². The number of unbranched alkanes of at least 4 members (excludes halogenated alkanes) is 5. The van der Waals surface area contributed by atoms with Crippen LogP contribution in [0.25, 0.3) is 0 Å². The van der Waals surface area contributed by atoms with Gasteiger partial charge in [0.05, 0.1) is 0 Å². The first-order valence-electron chi connectivity index (χ1n) is 6.75. The molecule has 0 saturated carbocycles. The zero-order valence-electron chi connectivity index (χ0n) is 10.0. The molecular weight excluding hydrogens is 186 g/mol. The minimum absolute atomic E-state index is 0.370. The van der Waals surface area contributed by atoms with E-state index in [2.05, 4.69) is 5.32 Å². The van der Waals surface area contributed by atoms with Crippen LogP contribution in [0.4, 0.5) is 0 Å². The molecule has 0 bridgehead atoms. The van der Waals surface area contributed by atoms with E-state index in [-0.39, 0.29) is 0 Å². The topological polar surface area (TPSA) is 32.3 Å². The summed E-state index contributed by atoms with van der Waals surface area (Å²) in [4.78, 5) is 0. The zero-order chi connectivity index (χ0) is 10.8. The Balaban J connectivity index is 1.79. The number of nitrogens with one attached hydrogen (secondary N) is 1. The van der Waals surface area contributed by atoms with Crippen molar-refractivity contribution in [1.82, 2.24) is 5.32 Å². The van der Waals surface area contributed by atoms with E-state index in [0.717, 1.165) is 12.3 Å². The van der Waals surface area contributed by atoms with E-state index in [1.165, 1.54) is 64.5 Å². The highest BCUT2D eigenvalue weighted by Gasteiger charge is 2.11. The Hall–Kier alpha value is -0.0800. The van der Waals surface area contributed by atoms with Gasteiger partial charge in [-0.05, 0) is 38.3 Å². The van der Waals surface area contributed by atoms with Gasteiger partial charge in [0.1, 0.15) is 0 Å². The fourth-order valence-corrected chi connectivity index (χ4v) is 2.42. The Morgan fingerprint density at radius 2 is 1.47 bits per heavy atom. The maximum Gasteiger partial charge on any atom is 0.0431 e. The molecule has 1 saturated heterocycles. The van der Waals surface area contributed by atoms with Crippen molar-refractivity contribution in [3.8, 4) is 0 Å². The number of rotatable bonds is 8. The lowest BCUT2D eigenvalue weighted by Gasteiger charge is -2.22. The lowest BCUT2D eigenvalue weighted by molar-refractivity contribution is 0.282. The molecule has 1 aliphatic rings. The number of aliphatic hydroxyl groups is 1. The van der Waals surface area contributed by atoms with E-state index in [9.17, 15) is 0 Å². The summed E-state index contributed by atoms with van der Waals surface area (Å²) in [5.74, 6) is 1.00. The molecule has 1 aliphatic heterocycles. The monoisotopic (exact) mass is 213 g/mol. The molecule has 0 spiro atoms. The summed E-state index contributed by atoms with van der Waals surface area (Å²) in [6.45, 7) is 2.84. The molecule has 1 fully saturated rings. The van der Waals surface area contributed by atoms with Gasteiger partial charge in [0.25, 0.3) is 0 Å². The Kier molecular flexibility index (Phi) is 7.94. The van der Waals surface area contributed by atoms with Gasteiger partial charge in [-0.2, -0.15) is 0 Å². The van der Waals surface area contributed by atoms with Crippen LogP contribution < -0.4 is 5.32 Å². The normalized spacial score (nSPS) is 18.2. The van der Waals surface area contributed by atoms with Gasteiger partial charge in [-0.25, -0.2) is 0 Å². The molecule has 2 N–H and O–H groups in total. The average Bonchev–Trinajstić information content (AvgIpc) is 2.29. The highest BCUT2D eigenvalue weighted by atomic mass is 16.2. The maximum absolute atomic E-state index is 8.63. The molecule has 0 aromatic heterocycles. The molecule has 2 nitrogen and oxygen atoms in total. The van der Waals surface area contributed by atoms with Gasteiger partial charge in [-0.15, -0.1) is 0 Å². The molecule has 0 radical (unpaired) electrons. The van der Waals surface area contributed by atoms with E-state index in [1.54, 1.807) is 0 Å². The second-order valence-corrected chi connectivity index (χ2v) is 4.83. The quantitative estimate of drug-likeness (QED) is 0.608. The minimum atomic E-state index is 0.370. The van der Waals surface area contributed by atoms with Gasteiger partial charge in [0, 0.05) is 6.61 Å². The molecule has 0 unspecified atom stereocenters. The molecular formula is C13H27NO. The van der Waals surface area contributed by atoms with Gasteiger partial charge in [-0.1, -0.05) is 38.5 Å². The lowest BCUT2D eigenvalue weighted by Crippen LogP contribution is -2.27. The lowest BCUT2D eigenvalue weighted by atomic mass is 9.92. The van der Waals surface area contributed by atoms with Crippen LogP contribution in [-0.2, 0) is 0 Å². The van der Waals surface area contributed by atoms with E-state index >= 15 is 0 Å². The predicted octanol–water partition coefficient (Wildman–Crippen LogP) is 2.71. The van der Waals surface area contributed by atoms with Crippen LogP contribution in [-0.4, -0.2) is 24.8 Å². The number of hydrogen-bond acceptors (Lipinski definition) is 2. The SMILES string of the molecule is OCCCCCCCCC1CCNCC1. The highest BCUT2D eigenvalue weighted by Crippen LogP contribution is 2.19. The van der Waals surface area contributed by atoms with Crippen LogP contribution >= 0.6 is 0 Å². The summed E-state index contributed by atoms with van der Waals surface area (Å²) in [6.07, 6.45) is 11.9. The van der Waals surface area contributed by atoms with Crippen molar-refractivity contribution in [2.24, 2.45) is 5.92 Å². The summed E-state index contributed by atoms with van der Waals surface area (Å²) >= 11 is 0. The second-order valence-electron chi connectivity index (χ2n) is 4.83. The van der Waals surface area contributed by atoms with Gasteiger partial charge in [0.2, 0.25) is 0 Å². The first-order valence-corrected chi connectivity index (χ1v) is 6.75. The molecule has 0 atom stereocenters. The molecule has 15 heavy (non-hydrogen) atoms. The molecule has 0 aromatic rings. The fourth-order valence-electron chi connectivity index (χ4n) is 2.42. The molecule has 2 heteroatoms. The van der Waals surface area contributed by atoms with Crippen molar-refractivity contribution in [3.63, 3.8) is 0 Å². The molecule has 1 heterocycles. The van der Waals surface area contributed by atoms with Crippen LogP contribution in [0.3, 0.4) is 0 Å². The number of piperidine rings is 1. The van der Waals surface area contributed by atoms with Crippen molar-refractivity contribution in [2.75, 3.05) is 19.7 Å². The molecule has 0 aliphatic carbocycles. The highest BCUT2D eigenvalue weighted by molar-refractivity contribution is 4.68. The maximum atomic E-state index is 8.63. The van der Waals surface area contributed by atoms with Gasteiger partial charge in [0.15, 0.2) is 0 Å². The van der Waals surface area contributed by atoms with Crippen LogP contribution in [0.15, 0.2) is 0 Å². The Morgan fingerprint density at radius 1 is 0.867 bits per heavy atom. The first-order chi connectivity index (χ1) is 7.43. The van der Waals surface area contributed by atoms with E-state index in [1.807, 2.05) is 0 Å². The van der Waals surface area contributed by atoms with Crippen LogP contribution in [0.1, 0.15) is 57.8 Å². The van der Waals surface area contributed by atoms with Crippen molar-refractivity contribution >= 4 is 0 Å². The van der Waals surface area contributed by atoms with Crippen molar-refractivity contribution in [2.45, 2.75) is 57.8 Å². The fraction of sp³-hybridized carbons (Fsp3) is 1.00. The van der Waals surface area contributed by atoms with Gasteiger partial charge >= 0.3 is 0 Å². The Labute approximate surface area is 94.5 Å². The first kappa shape index (κ1) is 13.0. The van der Waals surface area contributed by atoms with Crippen LogP contribution in [0, 0.1) is 5.92 Å². The third kappa shape index (κ3) is 6.91. The minimum Gasteiger partial charge on any atom is -0.396 e. The van der Waals surface area contributed by atoms with Crippen molar-refractivity contribution < 1.29 is 5.11 Å².